The normalized spacial score (nSPS) is 12.7. The maximum Gasteiger partial charge on any atom is 0.203 e. The zero-order chi connectivity index (χ0) is 23.2. The molecule has 168 valence electrons. The van der Waals surface area contributed by atoms with Crippen LogP contribution < -0.4 is 11.1 Å². The average molecular weight is 440 g/mol. The molecule has 31 heavy (non-hydrogen) atoms. The number of anilines is 3. The van der Waals surface area contributed by atoms with Gasteiger partial charge in [-0.1, -0.05) is 80.5 Å². The molecule has 0 saturated carbocycles. The fraction of sp³-hybridized carbons (Fsp3) is 0.385. The number of hydrogen-bond donors (Lipinski definition) is 2. The molecule has 4 nitrogen and oxygen atoms in total. The predicted molar refractivity (Wildman–Crippen MR) is 137 cm³/mol. The Bertz CT molecular complexity index is 905. The van der Waals surface area contributed by atoms with Crippen LogP contribution in [-0.4, -0.2) is 10.8 Å². The fourth-order valence-electron chi connectivity index (χ4n) is 2.86. The number of benzene rings is 1. The van der Waals surface area contributed by atoms with Crippen LogP contribution in [0.3, 0.4) is 0 Å². The minimum Gasteiger partial charge on any atom is -0.382 e. The zero-order valence-corrected chi connectivity index (χ0v) is 20.6. The van der Waals surface area contributed by atoms with Crippen molar-refractivity contribution in [3.63, 3.8) is 0 Å². The van der Waals surface area contributed by atoms with Gasteiger partial charge in [0.25, 0.3) is 0 Å². The van der Waals surface area contributed by atoms with Gasteiger partial charge < -0.3 is 11.1 Å². The van der Waals surface area contributed by atoms with E-state index >= 15 is 0 Å². The molecule has 0 bridgehead atoms. The molecule has 0 atom stereocenters. The molecule has 5 heteroatoms. The molecular weight excluding hydrogens is 402 g/mol. The molecule has 0 fully saturated rings. The van der Waals surface area contributed by atoms with E-state index < -0.39 is 0 Å². The van der Waals surface area contributed by atoms with Crippen LogP contribution in [0.4, 0.5) is 16.6 Å². The van der Waals surface area contributed by atoms with Gasteiger partial charge in [0.1, 0.15) is 10.7 Å². The van der Waals surface area contributed by atoms with Gasteiger partial charge in [-0.3, -0.25) is 4.79 Å². The molecule has 1 heterocycles. The van der Waals surface area contributed by atoms with Crippen molar-refractivity contribution in [2.24, 2.45) is 0 Å². The summed E-state index contributed by atoms with van der Waals surface area (Å²) in [6.45, 7) is 12.2. The number of carbonyl (C=O) groups is 1. The van der Waals surface area contributed by atoms with Gasteiger partial charge in [-0.2, -0.15) is 0 Å². The lowest BCUT2D eigenvalue weighted by atomic mass is 9.94. The number of ketones is 1. The Hall–Kier alpha value is -2.66. The molecule has 0 unspecified atom stereocenters. The Morgan fingerprint density at radius 2 is 1.90 bits per heavy atom. The molecule has 0 aliphatic heterocycles. The number of Topliss-reactive ketones (excluding diaryl/α,β-unsaturated/α-hetero) is 1. The van der Waals surface area contributed by atoms with Gasteiger partial charge in [-0.05, 0) is 57.7 Å². The summed E-state index contributed by atoms with van der Waals surface area (Å²) in [7, 11) is 0. The average Bonchev–Trinajstić information content (AvgIpc) is 3.15. The number of nitrogen functional groups attached to an aromatic ring is 1. The van der Waals surface area contributed by atoms with Crippen LogP contribution in [0.2, 0.25) is 0 Å². The second-order valence-electron chi connectivity index (χ2n) is 7.01. The van der Waals surface area contributed by atoms with E-state index in [0.29, 0.717) is 15.8 Å². The van der Waals surface area contributed by atoms with Crippen LogP contribution in [0.25, 0.3) is 0 Å². The fourth-order valence-corrected chi connectivity index (χ4v) is 3.73. The first kappa shape index (κ1) is 26.4. The minimum atomic E-state index is -0.00111. The van der Waals surface area contributed by atoms with E-state index in [1.807, 2.05) is 58.0 Å². The lowest BCUT2D eigenvalue weighted by molar-refractivity contribution is 0.103. The van der Waals surface area contributed by atoms with Crippen molar-refractivity contribution in [2.45, 2.75) is 67.2 Å². The quantitative estimate of drug-likeness (QED) is 0.353. The molecule has 0 radical (unpaired) electrons. The number of nitrogens with two attached hydrogens (primary N) is 1. The number of rotatable bonds is 6. The smallest absolute Gasteiger partial charge is 0.203 e. The summed E-state index contributed by atoms with van der Waals surface area (Å²) in [5.41, 5.74) is 9.95. The number of aromatic nitrogens is 1. The lowest BCUT2D eigenvalue weighted by Crippen LogP contribution is -2.08. The third-order valence-corrected chi connectivity index (χ3v) is 5.52. The highest BCUT2D eigenvalue weighted by molar-refractivity contribution is 7.18. The third kappa shape index (κ3) is 8.54. The van der Waals surface area contributed by atoms with E-state index in [1.54, 1.807) is 0 Å². The zero-order valence-electron chi connectivity index (χ0n) is 19.8. The van der Waals surface area contributed by atoms with Gasteiger partial charge in [-0.15, -0.1) is 0 Å². The topological polar surface area (TPSA) is 68.0 Å². The van der Waals surface area contributed by atoms with Gasteiger partial charge in [0, 0.05) is 11.3 Å². The third-order valence-electron chi connectivity index (χ3n) is 4.53. The molecule has 0 amide bonds. The first-order valence-corrected chi connectivity index (χ1v) is 11.9. The number of hydrogen-bond acceptors (Lipinski definition) is 5. The van der Waals surface area contributed by atoms with Crippen molar-refractivity contribution in [2.75, 3.05) is 11.1 Å². The van der Waals surface area contributed by atoms with E-state index in [-0.39, 0.29) is 5.78 Å². The number of allylic oxidation sites excluding steroid dienone is 6. The van der Waals surface area contributed by atoms with Crippen LogP contribution >= 0.6 is 11.3 Å². The summed E-state index contributed by atoms with van der Waals surface area (Å²) >= 11 is 1.31. The molecule has 2 aromatic rings. The second kappa shape index (κ2) is 14.4. The van der Waals surface area contributed by atoms with Gasteiger partial charge >= 0.3 is 0 Å². The van der Waals surface area contributed by atoms with Gasteiger partial charge in [0.15, 0.2) is 5.13 Å². The SMILES string of the molecule is C/C=C\CCC.CC.CC1=C(C(=O)c2sc(Nc3ccc(C)cc3)nc2N)CCC=C1. The highest BCUT2D eigenvalue weighted by Crippen LogP contribution is 2.32. The Labute approximate surface area is 192 Å². The second-order valence-corrected chi connectivity index (χ2v) is 8.01. The maximum atomic E-state index is 12.7. The number of nitrogens with zero attached hydrogens (tertiary/aromatic N) is 1. The summed E-state index contributed by atoms with van der Waals surface area (Å²) in [6.07, 6.45) is 12.5. The van der Waals surface area contributed by atoms with Crippen molar-refractivity contribution in [3.8, 4) is 0 Å². The van der Waals surface area contributed by atoms with Crippen molar-refractivity contribution in [3.05, 3.63) is 70.2 Å². The van der Waals surface area contributed by atoms with E-state index in [1.165, 1.54) is 29.7 Å². The molecule has 1 aromatic carbocycles. The highest BCUT2D eigenvalue weighted by atomic mass is 32.1. The molecule has 0 spiro atoms. The Kier molecular flexibility index (Phi) is 12.2. The van der Waals surface area contributed by atoms with Crippen LogP contribution in [0.15, 0.2) is 59.7 Å². The molecule has 3 rings (SSSR count). The number of aryl methyl sites for hydroxylation is 1. The van der Waals surface area contributed by atoms with Crippen LogP contribution in [0, 0.1) is 6.92 Å². The molecular formula is C26H37N3OS. The summed E-state index contributed by atoms with van der Waals surface area (Å²) in [6, 6.07) is 8.00. The monoisotopic (exact) mass is 439 g/mol. The number of carbonyl (C=O) groups excluding carboxylic acids is 1. The molecule has 1 aliphatic rings. The highest BCUT2D eigenvalue weighted by Gasteiger charge is 2.22. The number of unbranched alkanes of at least 4 members (excludes halogenated alkanes) is 1. The predicted octanol–water partition coefficient (Wildman–Crippen LogP) is 8.02. The molecule has 1 aliphatic carbocycles. The Morgan fingerprint density at radius 1 is 1.23 bits per heavy atom. The van der Waals surface area contributed by atoms with Crippen LogP contribution in [0.5, 0.6) is 0 Å². The van der Waals surface area contributed by atoms with E-state index in [9.17, 15) is 4.79 Å². The largest absolute Gasteiger partial charge is 0.382 e. The first-order chi connectivity index (χ1) is 15.0. The van der Waals surface area contributed by atoms with Crippen molar-refractivity contribution in [1.29, 1.82) is 0 Å². The number of nitrogens with one attached hydrogen (secondary N) is 1. The van der Waals surface area contributed by atoms with Gasteiger partial charge in [-0.25, -0.2) is 4.98 Å². The van der Waals surface area contributed by atoms with E-state index in [2.05, 4.69) is 42.4 Å². The minimum absolute atomic E-state index is 0.00111. The van der Waals surface area contributed by atoms with Crippen molar-refractivity contribution >= 4 is 33.8 Å². The van der Waals surface area contributed by atoms with Crippen LogP contribution in [-0.2, 0) is 0 Å². The summed E-state index contributed by atoms with van der Waals surface area (Å²) < 4.78 is 0. The first-order valence-electron chi connectivity index (χ1n) is 11.1. The van der Waals surface area contributed by atoms with Gasteiger partial charge in [0.2, 0.25) is 5.78 Å². The summed E-state index contributed by atoms with van der Waals surface area (Å²) in [4.78, 5) is 17.5. The molecule has 0 saturated heterocycles. The van der Waals surface area contributed by atoms with E-state index in [4.69, 9.17) is 5.73 Å². The summed E-state index contributed by atoms with van der Waals surface area (Å²) in [5, 5.41) is 3.84. The number of thiazole rings is 1. The Morgan fingerprint density at radius 3 is 2.45 bits per heavy atom. The van der Waals surface area contributed by atoms with Crippen molar-refractivity contribution in [1.82, 2.24) is 4.98 Å². The van der Waals surface area contributed by atoms with E-state index in [0.717, 1.165) is 29.7 Å². The standard InChI is InChI=1S/C18H19N3OS.C6H12.C2H6/c1-11-7-9-13(10-8-11)20-18-21-17(19)16(23-18)15(22)14-6-4-3-5-12(14)2;1-3-5-6-4-2;1-2/h3,5,7-10H,4,6,19H2,1-2H3,(H,20,21);3,5H,4,6H2,1-2H3;1-2H3/b;5-3-;. The van der Waals surface area contributed by atoms with Crippen molar-refractivity contribution < 1.29 is 4.79 Å². The summed E-state index contributed by atoms with van der Waals surface area (Å²) in [5.74, 6) is 0.295. The van der Waals surface area contributed by atoms with Gasteiger partial charge in [0.05, 0.1) is 0 Å². The van der Waals surface area contributed by atoms with Crippen LogP contribution in [0.1, 0.15) is 75.5 Å². The maximum absolute atomic E-state index is 12.7. The molecule has 1 aromatic heterocycles. The molecule has 3 N–H and O–H groups in total. The lowest BCUT2D eigenvalue weighted by Gasteiger charge is -2.11. The Balaban J connectivity index is 0.000000521.